The lowest BCUT2D eigenvalue weighted by molar-refractivity contribution is -0.145. The Hall–Kier alpha value is -4.57. The number of benzene rings is 3. The number of hydrogen-bond acceptors (Lipinski definition) is 7. The molecule has 3 aromatic carbocycles. The summed E-state index contributed by atoms with van der Waals surface area (Å²) in [6.45, 7) is 3.60. The van der Waals surface area contributed by atoms with Crippen LogP contribution in [-0.2, 0) is 22.7 Å². The average Bonchev–Trinajstić information content (AvgIpc) is 3.60. The fourth-order valence-electron chi connectivity index (χ4n) is 4.35. The maximum atomic E-state index is 13.9. The molecule has 0 saturated carbocycles. The number of nitrogens with zero attached hydrogens (tertiary/aromatic N) is 6. The van der Waals surface area contributed by atoms with Crippen molar-refractivity contribution in [2.45, 2.75) is 32.5 Å². The lowest BCUT2D eigenvalue weighted by Gasteiger charge is -2.37. The minimum atomic E-state index is -1.20. The zero-order chi connectivity index (χ0) is 28.3. The number of rotatable bonds is 9. The first-order chi connectivity index (χ1) is 19.2. The van der Waals surface area contributed by atoms with Gasteiger partial charge >= 0.3 is 0 Å². The molecule has 204 valence electrons. The smallest absolute Gasteiger partial charge is 0.249 e. The summed E-state index contributed by atoms with van der Waals surface area (Å²) in [7, 11) is 3.92. The SMILES string of the molecule is CN(C)c1ccc(NC(=O)C(C)(C)N(Cc2nc(-c3ccccc3)cs2)C(=O)Cn2nnc3ccccc32)cc1. The van der Waals surface area contributed by atoms with E-state index in [2.05, 4.69) is 15.6 Å². The van der Waals surface area contributed by atoms with E-state index in [9.17, 15) is 9.59 Å². The molecule has 2 heterocycles. The summed E-state index contributed by atoms with van der Waals surface area (Å²) in [6, 6.07) is 24.9. The highest BCUT2D eigenvalue weighted by Crippen LogP contribution is 2.27. The highest BCUT2D eigenvalue weighted by atomic mass is 32.1. The molecule has 0 unspecified atom stereocenters. The first-order valence-corrected chi connectivity index (χ1v) is 13.8. The van der Waals surface area contributed by atoms with E-state index < -0.39 is 5.54 Å². The summed E-state index contributed by atoms with van der Waals surface area (Å²) in [5.74, 6) is -0.572. The summed E-state index contributed by atoms with van der Waals surface area (Å²) in [6.07, 6.45) is 0. The quantitative estimate of drug-likeness (QED) is 0.274. The third kappa shape index (κ3) is 5.72. The van der Waals surface area contributed by atoms with Crippen molar-refractivity contribution >= 4 is 45.6 Å². The molecule has 9 nitrogen and oxygen atoms in total. The van der Waals surface area contributed by atoms with E-state index in [0.29, 0.717) is 11.2 Å². The van der Waals surface area contributed by atoms with Crippen molar-refractivity contribution in [3.63, 3.8) is 0 Å². The standard InChI is InChI=1S/C30H31N7O2S/c1-30(2,29(39)31-22-14-16-23(17-15-22)35(3)4)36(18-27-32-25(20-40-27)21-10-6-5-7-11-21)28(38)19-37-26-13-9-8-12-24(26)33-34-37/h5-17,20H,18-19H2,1-4H3,(H,31,39). The zero-order valence-corrected chi connectivity index (χ0v) is 23.7. The second-order valence-electron chi connectivity index (χ2n) is 10.2. The van der Waals surface area contributed by atoms with Gasteiger partial charge in [0.25, 0.3) is 0 Å². The van der Waals surface area contributed by atoms with Crippen molar-refractivity contribution < 1.29 is 9.59 Å². The van der Waals surface area contributed by atoms with E-state index in [1.54, 1.807) is 23.4 Å². The monoisotopic (exact) mass is 553 g/mol. The van der Waals surface area contributed by atoms with Gasteiger partial charge in [-0.25, -0.2) is 9.67 Å². The predicted octanol–water partition coefficient (Wildman–Crippen LogP) is 5.07. The maximum Gasteiger partial charge on any atom is 0.249 e. The molecule has 5 aromatic rings. The van der Waals surface area contributed by atoms with Crippen LogP contribution in [0.5, 0.6) is 0 Å². The fraction of sp³-hybridized carbons (Fsp3) is 0.233. The Bertz CT molecular complexity index is 1620. The molecule has 0 aliphatic carbocycles. The molecule has 0 radical (unpaired) electrons. The van der Waals surface area contributed by atoms with E-state index in [4.69, 9.17) is 4.98 Å². The number of amides is 2. The van der Waals surface area contributed by atoms with E-state index in [-0.39, 0.29) is 24.9 Å². The maximum absolute atomic E-state index is 13.9. The fourth-order valence-corrected chi connectivity index (χ4v) is 5.15. The number of anilines is 2. The minimum absolute atomic E-state index is 0.0638. The van der Waals surface area contributed by atoms with E-state index >= 15 is 0 Å². The molecule has 0 aliphatic rings. The molecule has 0 atom stereocenters. The van der Waals surface area contributed by atoms with Crippen molar-refractivity contribution in [3.8, 4) is 11.3 Å². The first-order valence-electron chi connectivity index (χ1n) is 12.9. The van der Waals surface area contributed by atoms with Gasteiger partial charge in [-0.15, -0.1) is 16.4 Å². The third-order valence-electron chi connectivity index (χ3n) is 6.79. The van der Waals surface area contributed by atoms with Crippen LogP contribution in [0.3, 0.4) is 0 Å². The van der Waals surface area contributed by atoms with E-state index in [1.165, 1.54) is 11.3 Å². The van der Waals surface area contributed by atoms with Gasteiger partial charge in [0.1, 0.15) is 22.6 Å². The van der Waals surface area contributed by atoms with Crippen LogP contribution in [0.15, 0.2) is 84.2 Å². The topological polar surface area (TPSA) is 96.2 Å². The molecule has 0 fully saturated rings. The van der Waals surface area contributed by atoms with Gasteiger partial charge in [-0.05, 0) is 50.2 Å². The van der Waals surface area contributed by atoms with Gasteiger partial charge < -0.3 is 15.1 Å². The largest absolute Gasteiger partial charge is 0.378 e. The Morgan fingerprint density at radius 2 is 1.65 bits per heavy atom. The van der Waals surface area contributed by atoms with Crippen LogP contribution < -0.4 is 10.2 Å². The van der Waals surface area contributed by atoms with Gasteiger partial charge in [0.2, 0.25) is 11.8 Å². The van der Waals surface area contributed by atoms with Crippen LogP contribution in [0.1, 0.15) is 18.9 Å². The van der Waals surface area contributed by atoms with Gasteiger partial charge in [0.05, 0.1) is 17.8 Å². The molecule has 0 bridgehead atoms. The van der Waals surface area contributed by atoms with Gasteiger partial charge in [-0.2, -0.15) is 0 Å². The molecule has 40 heavy (non-hydrogen) atoms. The molecule has 2 amide bonds. The molecule has 0 spiro atoms. The van der Waals surface area contributed by atoms with Crippen LogP contribution in [0, 0.1) is 0 Å². The van der Waals surface area contributed by atoms with Gasteiger partial charge in [0, 0.05) is 36.4 Å². The second-order valence-corrected chi connectivity index (χ2v) is 11.1. The molecular weight excluding hydrogens is 522 g/mol. The number of carbonyl (C=O) groups is 2. The number of aromatic nitrogens is 4. The Morgan fingerprint density at radius 3 is 2.38 bits per heavy atom. The first kappa shape index (κ1) is 27.0. The normalized spacial score (nSPS) is 11.4. The van der Waals surface area contributed by atoms with Crippen molar-refractivity contribution in [2.75, 3.05) is 24.3 Å². The number of nitrogens with one attached hydrogen (secondary N) is 1. The number of fused-ring (bicyclic) bond motifs is 1. The van der Waals surface area contributed by atoms with Crippen LogP contribution in [0.2, 0.25) is 0 Å². The van der Waals surface area contributed by atoms with E-state index in [0.717, 1.165) is 27.5 Å². The average molecular weight is 554 g/mol. The molecule has 0 aliphatic heterocycles. The third-order valence-corrected chi connectivity index (χ3v) is 7.63. The highest BCUT2D eigenvalue weighted by Gasteiger charge is 2.39. The van der Waals surface area contributed by atoms with Crippen LogP contribution in [0.4, 0.5) is 11.4 Å². The number of thiazole rings is 1. The predicted molar refractivity (Wildman–Crippen MR) is 159 cm³/mol. The van der Waals surface area contributed by atoms with Crippen LogP contribution in [-0.4, -0.2) is 56.3 Å². The summed E-state index contributed by atoms with van der Waals surface area (Å²) in [5.41, 5.74) is 3.75. The molecule has 0 saturated heterocycles. The number of carbonyl (C=O) groups excluding carboxylic acids is 2. The molecule has 10 heteroatoms. The zero-order valence-electron chi connectivity index (χ0n) is 22.9. The highest BCUT2D eigenvalue weighted by molar-refractivity contribution is 7.09. The molecule has 1 N–H and O–H groups in total. The summed E-state index contributed by atoms with van der Waals surface area (Å²) >= 11 is 1.46. The van der Waals surface area contributed by atoms with Crippen molar-refractivity contribution in [2.24, 2.45) is 0 Å². The van der Waals surface area contributed by atoms with Gasteiger partial charge in [-0.3, -0.25) is 9.59 Å². The van der Waals surface area contributed by atoms with Crippen molar-refractivity contribution in [1.82, 2.24) is 24.9 Å². The second kappa shape index (κ2) is 11.3. The van der Waals surface area contributed by atoms with Gasteiger partial charge in [-0.1, -0.05) is 47.7 Å². The van der Waals surface area contributed by atoms with E-state index in [1.807, 2.05) is 103 Å². The van der Waals surface area contributed by atoms with Crippen LogP contribution >= 0.6 is 11.3 Å². The number of hydrogen-bond donors (Lipinski definition) is 1. The molecular formula is C30H31N7O2S. The Balaban J connectivity index is 1.42. The summed E-state index contributed by atoms with van der Waals surface area (Å²) < 4.78 is 1.57. The van der Waals surface area contributed by atoms with Crippen LogP contribution in [0.25, 0.3) is 22.3 Å². The lowest BCUT2D eigenvalue weighted by Crippen LogP contribution is -2.55. The van der Waals surface area contributed by atoms with Crippen molar-refractivity contribution in [3.05, 3.63) is 89.3 Å². The van der Waals surface area contributed by atoms with Gasteiger partial charge in [0.15, 0.2) is 0 Å². The van der Waals surface area contributed by atoms with Crippen molar-refractivity contribution in [1.29, 1.82) is 0 Å². The minimum Gasteiger partial charge on any atom is -0.378 e. The molecule has 2 aromatic heterocycles. The molecule has 5 rings (SSSR count). The summed E-state index contributed by atoms with van der Waals surface area (Å²) in [5, 5.41) is 14.0. The lowest BCUT2D eigenvalue weighted by atomic mass is 10.0. The Morgan fingerprint density at radius 1 is 0.950 bits per heavy atom. The Labute approximate surface area is 237 Å². The Kier molecular flexibility index (Phi) is 7.61. The summed E-state index contributed by atoms with van der Waals surface area (Å²) in [4.78, 5) is 35.9. The number of para-hydroxylation sites is 1.